The van der Waals surface area contributed by atoms with E-state index in [9.17, 15) is 8.42 Å². The van der Waals surface area contributed by atoms with E-state index in [1.54, 1.807) is 10.9 Å². The Bertz CT molecular complexity index is 826. The lowest BCUT2D eigenvalue weighted by atomic mass is 10.1. The largest absolute Gasteiger partial charge is 0.377 e. The van der Waals surface area contributed by atoms with Crippen LogP contribution in [0.4, 0.5) is 0 Å². The molecule has 26 heavy (non-hydrogen) atoms. The molecular formula is C19H27N3O3S. The maximum Gasteiger partial charge on any atom is 0.246 e. The first-order chi connectivity index (χ1) is 12.5. The van der Waals surface area contributed by atoms with Crippen molar-refractivity contribution in [1.29, 1.82) is 0 Å². The standard InChI is InChI=1S/C19H27N3O3S/c1-3-9-21-15-19(12-20-21)26(23,24)22(14-18-8-5-10-25-18)13-17-7-4-6-16(2)11-17/h4,6-7,11-12,15,18H,3,5,8-10,13-14H2,1-2H3. The van der Waals surface area contributed by atoms with Crippen LogP contribution in [0, 0.1) is 6.92 Å². The highest BCUT2D eigenvalue weighted by Gasteiger charge is 2.30. The minimum atomic E-state index is -3.63. The molecule has 0 radical (unpaired) electrons. The fraction of sp³-hybridized carbons (Fsp3) is 0.526. The van der Waals surface area contributed by atoms with Gasteiger partial charge in [-0.1, -0.05) is 36.8 Å². The van der Waals surface area contributed by atoms with Gasteiger partial charge in [0.25, 0.3) is 0 Å². The molecule has 1 aromatic heterocycles. The van der Waals surface area contributed by atoms with Crippen LogP contribution in [-0.4, -0.2) is 41.8 Å². The average molecular weight is 378 g/mol. The van der Waals surface area contributed by atoms with Gasteiger partial charge in [0.05, 0.1) is 12.3 Å². The van der Waals surface area contributed by atoms with Crippen LogP contribution in [-0.2, 0) is 27.8 Å². The van der Waals surface area contributed by atoms with Gasteiger partial charge in [-0.25, -0.2) is 8.42 Å². The van der Waals surface area contributed by atoms with Crippen molar-refractivity contribution in [2.24, 2.45) is 0 Å². The molecule has 1 aromatic carbocycles. The number of nitrogens with zero attached hydrogens (tertiary/aromatic N) is 3. The fourth-order valence-electron chi connectivity index (χ4n) is 3.26. The maximum atomic E-state index is 13.2. The van der Waals surface area contributed by atoms with Gasteiger partial charge in [0, 0.05) is 32.4 Å². The monoisotopic (exact) mass is 377 g/mol. The molecule has 1 aliphatic heterocycles. The second-order valence-corrected chi connectivity index (χ2v) is 8.80. The van der Waals surface area contributed by atoms with E-state index in [1.807, 2.05) is 38.1 Å². The molecule has 0 N–H and O–H groups in total. The first-order valence-corrected chi connectivity index (χ1v) is 10.6. The SMILES string of the molecule is CCCn1cc(S(=O)(=O)N(Cc2cccc(C)c2)CC2CCCO2)cn1. The minimum absolute atomic E-state index is 0.0414. The summed E-state index contributed by atoms with van der Waals surface area (Å²) in [5.41, 5.74) is 2.10. The molecule has 0 aliphatic carbocycles. The van der Waals surface area contributed by atoms with E-state index in [4.69, 9.17) is 4.74 Å². The summed E-state index contributed by atoms with van der Waals surface area (Å²) in [6.45, 7) is 6.17. The number of aryl methyl sites for hydroxylation is 2. The second kappa shape index (κ2) is 8.33. The second-order valence-electron chi connectivity index (χ2n) is 6.86. The summed E-state index contributed by atoms with van der Waals surface area (Å²) in [4.78, 5) is 0.247. The lowest BCUT2D eigenvalue weighted by molar-refractivity contribution is 0.0926. The number of rotatable bonds is 8. The number of sulfonamides is 1. The Kier molecular flexibility index (Phi) is 6.11. The number of ether oxygens (including phenoxy) is 1. The van der Waals surface area contributed by atoms with Crippen molar-refractivity contribution in [3.05, 3.63) is 47.8 Å². The number of benzene rings is 1. The van der Waals surface area contributed by atoms with Crippen LogP contribution in [0.3, 0.4) is 0 Å². The molecule has 6 nitrogen and oxygen atoms in total. The van der Waals surface area contributed by atoms with Gasteiger partial charge in [0.1, 0.15) is 4.90 Å². The predicted molar refractivity (Wildman–Crippen MR) is 100 cm³/mol. The summed E-state index contributed by atoms with van der Waals surface area (Å²) >= 11 is 0. The molecule has 1 unspecified atom stereocenters. The Morgan fingerprint density at radius 3 is 2.92 bits per heavy atom. The molecule has 142 valence electrons. The summed E-state index contributed by atoms with van der Waals surface area (Å²) in [7, 11) is -3.63. The van der Waals surface area contributed by atoms with E-state index < -0.39 is 10.0 Å². The molecule has 1 aliphatic rings. The molecule has 1 fully saturated rings. The van der Waals surface area contributed by atoms with Gasteiger partial charge in [-0.05, 0) is 31.7 Å². The normalized spacial score (nSPS) is 17.9. The summed E-state index contributed by atoms with van der Waals surface area (Å²) in [5.74, 6) is 0. The molecule has 7 heteroatoms. The van der Waals surface area contributed by atoms with Gasteiger partial charge in [-0.2, -0.15) is 9.40 Å². The van der Waals surface area contributed by atoms with E-state index in [-0.39, 0.29) is 11.0 Å². The molecule has 0 bridgehead atoms. The smallest absolute Gasteiger partial charge is 0.246 e. The Balaban J connectivity index is 1.86. The van der Waals surface area contributed by atoms with Crippen molar-refractivity contribution < 1.29 is 13.2 Å². The maximum absolute atomic E-state index is 13.2. The van der Waals surface area contributed by atoms with Crippen molar-refractivity contribution in [2.45, 2.75) is 57.2 Å². The summed E-state index contributed by atoms with van der Waals surface area (Å²) < 4.78 is 35.4. The Morgan fingerprint density at radius 2 is 2.23 bits per heavy atom. The van der Waals surface area contributed by atoms with Gasteiger partial charge in [-0.3, -0.25) is 4.68 Å². The van der Waals surface area contributed by atoms with Gasteiger partial charge < -0.3 is 4.74 Å². The summed E-state index contributed by atoms with van der Waals surface area (Å²) in [6, 6.07) is 7.96. The molecule has 2 aromatic rings. The van der Waals surface area contributed by atoms with Gasteiger partial charge >= 0.3 is 0 Å². The first-order valence-electron chi connectivity index (χ1n) is 9.19. The molecule has 0 amide bonds. The summed E-state index contributed by atoms with van der Waals surface area (Å²) in [5, 5.41) is 4.19. The van der Waals surface area contributed by atoms with Crippen LogP contribution in [0.5, 0.6) is 0 Å². The average Bonchev–Trinajstić information content (AvgIpc) is 3.27. The van der Waals surface area contributed by atoms with Crippen molar-refractivity contribution >= 4 is 10.0 Å². The topological polar surface area (TPSA) is 64.4 Å². The third-order valence-corrected chi connectivity index (χ3v) is 6.34. The van der Waals surface area contributed by atoms with E-state index in [2.05, 4.69) is 5.10 Å². The van der Waals surface area contributed by atoms with Crippen LogP contribution in [0.15, 0.2) is 41.6 Å². The van der Waals surface area contributed by atoms with E-state index in [1.165, 1.54) is 10.5 Å². The fourth-order valence-corrected chi connectivity index (χ4v) is 4.67. The van der Waals surface area contributed by atoms with E-state index >= 15 is 0 Å². The third kappa shape index (κ3) is 4.52. The van der Waals surface area contributed by atoms with Gasteiger partial charge in [0.2, 0.25) is 10.0 Å². The van der Waals surface area contributed by atoms with Gasteiger partial charge in [-0.15, -0.1) is 0 Å². The number of aromatic nitrogens is 2. The predicted octanol–water partition coefficient (Wildman–Crippen LogP) is 2.97. The zero-order valence-electron chi connectivity index (χ0n) is 15.5. The molecule has 0 spiro atoms. The van der Waals surface area contributed by atoms with E-state index in [0.29, 0.717) is 26.2 Å². The molecule has 2 heterocycles. The van der Waals surface area contributed by atoms with Crippen LogP contribution >= 0.6 is 0 Å². The minimum Gasteiger partial charge on any atom is -0.377 e. The molecule has 3 rings (SSSR count). The highest BCUT2D eigenvalue weighted by Crippen LogP contribution is 2.22. The quantitative estimate of drug-likeness (QED) is 0.709. The van der Waals surface area contributed by atoms with Crippen molar-refractivity contribution in [1.82, 2.24) is 14.1 Å². The van der Waals surface area contributed by atoms with Crippen LogP contribution in [0.25, 0.3) is 0 Å². The zero-order valence-corrected chi connectivity index (χ0v) is 16.3. The highest BCUT2D eigenvalue weighted by molar-refractivity contribution is 7.89. The van der Waals surface area contributed by atoms with Crippen LogP contribution in [0.2, 0.25) is 0 Å². The molecule has 0 saturated carbocycles. The molecule has 1 atom stereocenters. The van der Waals surface area contributed by atoms with Crippen molar-refractivity contribution in [3.63, 3.8) is 0 Å². The molecular weight excluding hydrogens is 350 g/mol. The van der Waals surface area contributed by atoms with Crippen molar-refractivity contribution in [2.75, 3.05) is 13.2 Å². The molecule has 1 saturated heterocycles. The number of hydrogen-bond acceptors (Lipinski definition) is 4. The summed E-state index contributed by atoms with van der Waals surface area (Å²) in [6.07, 6.45) is 5.82. The Morgan fingerprint density at radius 1 is 1.38 bits per heavy atom. The number of hydrogen-bond donors (Lipinski definition) is 0. The van der Waals surface area contributed by atoms with Crippen LogP contribution in [0.1, 0.15) is 37.3 Å². The van der Waals surface area contributed by atoms with E-state index in [0.717, 1.165) is 30.4 Å². The van der Waals surface area contributed by atoms with Gasteiger partial charge in [0.15, 0.2) is 0 Å². The highest BCUT2D eigenvalue weighted by atomic mass is 32.2. The lowest BCUT2D eigenvalue weighted by Crippen LogP contribution is -2.36. The zero-order chi connectivity index (χ0) is 18.6. The lowest BCUT2D eigenvalue weighted by Gasteiger charge is -2.24. The third-order valence-electron chi connectivity index (χ3n) is 4.57. The first kappa shape index (κ1) is 19.1. The Labute approximate surface area is 155 Å². The van der Waals surface area contributed by atoms with Crippen molar-refractivity contribution in [3.8, 4) is 0 Å². The van der Waals surface area contributed by atoms with Crippen LogP contribution < -0.4 is 0 Å². The Hall–Kier alpha value is -1.70.